The molecule has 1 unspecified atom stereocenters. The Kier molecular flexibility index (Phi) is 6.60. The van der Waals surface area contributed by atoms with Gasteiger partial charge in [-0.3, -0.25) is 9.71 Å². The SMILES string of the molecule is Cc1cc([C@H](N=C2NS(=O)(=O)C=C2NC2CSC(S(=O)(=O)N(C)C3CC3)=C2O)C(C)C)oc1C. The normalized spacial score (nSPS) is 24.7. The minimum atomic E-state index is -3.81. The first-order chi connectivity index (χ1) is 15.8. The number of aliphatic hydroxyl groups is 1. The van der Waals surface area contributed by atoms with Crippen LogP contribution in [0.2, 0.25) is 0 Å². The average molecular weight is 531 g/mol. The first kappa shape index (κ1) is 25.1. The number of rotatable bonds is 8. The summed E-state index contributed by atoms with van der Waals surface area (Å²) in [5, 5.41) is 14.7. The molecule has 1 saturated carbocycles. The number of hydrogen-bond acceptors (Lipinski definition) is 9. The maximum absolute atomic E-state index is 12.9. The van der Waals surface area contributed by atoms with Crippen LogP contribution in [-0.2, 0) is 20.0 Å². The molecule has 0 saturated heterocycles. The Morgan fingerprint density at radius 3 is 2.56 bits per heavy atom. The fraction of sp³-hybridized carbons (Fsp3) is 0.571. The van der Waals surface area contributed by atoms with Crippen LogP contribution in [0.5, 0.6) is 0 Å². The lowest BCUT2D eigenvalue weighted by Crippen LogP contribution is -2.36. The van der Waals surface area contributed by atoms with E-state index in [0.29, 0.717) is 5.76 Å². The van der Waals surface area contributed by atoms with Gasteiger partial charge >= 0.3 is 0 Å². The molecule has 2 aliphatic heterocycles. The van der Waals surface area contributed by atoms with Gasteiger partial charge in [-0.05, 0) is 44.2 Å². The van der Waals surface area contributed by atoms with Crippen molar-refractivity contribution in [3.63, 3.8) is 0 Å². The zero-order valence-electron chi connectivity index (χ0n) is 19.7. The quantitative estimate of drug-likeness (QED) is 0.466. The number of aliphatic imine (C=N–C) groups is 1. The zero-order valence-corrected chi connectivity index (χ0v) is 22.1. The van der Waals surface area contributed by atoms with Gasteiger partial charge in [0.15, 0.2) is 10.1 Å². The van der Waals surface area contributed by atoms with Crippen LogP contribution in [-0.4, -0.2) is 57.0 Å². The first-order valence-corrected chi connectivity index (χ1v) is 15.0. The predicted octanol–water partition coefficient (Wildman–Crippen LogP) is 2.62. The number of thioether (sulfide) groups is 1. The van der Waals surface area contributed by atoms with E-state index < -0.39 is 32.1 Å². The van der Waals surface area contributed by atoms with Crippen molar-refractivity contribution in [2.75, 3.05) is 12.8 Å². The summed E-state index contributed by atoms with van der Waals surface area (Å²) in [6, 6.07) is 0.628. The summed E-state index contributed by atoms with van der Waals surface area (Å²) in [5.41, 5.74) is 1.14. The minimum absolute atomic E-state index is 0.00819. The molecule has 1 fully saturated rings. The lowest BCUT2D eigenvalue weighted by molar-refractivity contribution is 0.363. The van der Waals surface area contributed by atoms with Crippen molar-refractivity contribution in [2.45, 2.75) is 58.7 Å². The molecule has 0 bridgehead atoms. The summed E-state index contributed by atoms with van der Waals surface area (Å²) < 4.78 is 59.9. The molecule has 13 heteroatoms. The molecule has 3 N–H and O–H groups in total. The molecular weight excluding hydrogens is 500 g/mol. The highest BCUT2D eigenvalue weighted by Crippen LogP contribution is 2.40. The van der Waals surface area contributed by atoms with Gasteiger partial charge in [-0.25, -0.2) is 16.8 Å². The third kappa shape index (κ3) is 4.88. The Labute approximate surface area is 204 Å². The first-order valence-electron chi connectivity index (χ1n) is 11.0. The van der Waals surface area contributed by atoms with Crippen molar-refractivity contribution in [2.24, 2.45) is 10.9 Å². The summed E-state index contributed by atoms with van der Waals surface area (Å²) in [6.45, 7) is 7.70. The largest absolute Gasteiger partial charge is 0.508 e. The van der Waals surface area contributed by atoms with E-state index in [0.717, 1.165) is 41.3 Å². The van der Waals surface area contributed by atoms with E-state index in [4.69, 9.17) is 4.42 Å². The smallest absolute Gasteiger partial charge is 0.258 e. The Hall–Kier alpha value is -1.96. The van der Waals surface area contributed by atoms with E-state index in [1.54, 1.807) is 0 Å². The number of aryl methyl sites for hydroxylation is 2. The summed E-state index contributed by atoms with van der Waals surface area (Å²) in [6.07, 6.45) is 1.61. The van der Waals surface area contributed by atoms with E-state index in [1.807, 2.05) is 33.8 Å². The molecular formula is C21H30N4O6S3. The Balaban J connectivity index is 1.62. The highest BCUT2D eigenvalue weighted by atomic mass is 32.3. The third-order valence-corrected chi connectivity index (χ3v) is 10.8. The van der Waals surface area contributed by atoms with Crippen LogP contribution in [0.1, 0.15) is 49.8 Å². The maximum atomic E-state index is 12.9. The van der Waals surface area contributed by atoms with Gasteiger partial charge in [-0.15, -0.1) is 11.8 Å². The van der Waals surface area contributed by atoms with E-state index in [9.17, 15) is 21.9 Å². The molecule has 3 aliphatic rings. The van der Waals surface area contributed by atoms with E-state index in [-0.39, 0.29) is 39.2 Å². The Bertz CT molecular complexity index is 1270. The van der Waals surface area contributed by atoms with Crippen LogP contribution in [0.25, 0.3) is 0 Å². The fourth-order valence-electron chi connectivity index (χ4n) is 3.78. The molecule has 4 rings (SSSR count). The minimum Gasteiger partial charge on any atom is -0.508 e. The lowest BCUT2D eigenvalue weighted by Gasteiger charge is -2.19. The summed E-state index contributed by atoms with van der Waals surface area (Å²) in [4.78, 5) is 4.64. The Morgan fingerprint density at radius 2 is 2.00 bits per heavy atom. The number of nitrogens with zero attached hydrogens (tertiary/aromatic N) is 2. The maximum Gasteiger partial charge on any atom is 0.258 e. The number of furan rings is 1. The van der Waals surface area contributed by atoms with Crippen LogP contribution >= 0.6 is 11.8 Å². The van der Waals surface area contributed by atoms with Crippen molar-refractivity contribution < 1.29 is 26.4 Å². The second-order valence-corrected chi connectivity index (χ2v) is 13.9. The topological polar surface area (TPSA) is 141 Å². The summed E-state index contributed by atoms with van der Waals surface area (Å²) >= 11 is 1.03. The van der Waals surface area contributed by atoms with Gasteiger partial charge in [0.25, 0.3) is 20.0 Å². The predicted molar refractivity (Wildman–Crippen MR) is 132 cm³/mol. The number of amidine groups is 1. The molecule has 3 heterocycles. The van der Waals surface area contributed by atoms with E-state index in [1.165, 1.54) is 11.4 Å². The van der Waals surface area contributed by atoms with Gasteiger partial charge in [0.05, 0.1) is 17.1 Å². The number of hydrogen-bond donors (Lipinski definition) is 3. The van der Waals surface area contributed by atoms with Gasteiger partial charge < -0.3 is 14.8 Å². The molecule has 1 aromatic heterocycles. The molecule has 2 atom stereocenters. The van der Waals surface area contributed by atoms with Gasteiger partial charge in [-0.1, -0.05) is 13.8 Å². The van der Waals surface area contributed by atoms with Crippen LogP contribution in [0, 0.1) is 19.8 Å². The van der Waals surface area contributed by atoms with Crippen molar-refractivity contribution in [1.29, 1.82) is 0 Å². The molecule has 34 heavy (non-hydrogen) atoms. The van der Waals surface area contributed by atoms with Crippen LogP contribution in [0.3, 0.4) is 0 Å². The molecule has 0 aromatic carbocycles. The van der Waals surface area contributed by atoms with Gasteiger partial charge in [0.2, 0.25) is 0 Å². The highest BCUT2D eigenvalue weighted by molar-refractivity contribution is 8.18. The van der Waals surface area contributed by atoms with Crippen LogP contribution < -0.4 is 10.0 Å². The van der Waals surface area contributed by atoms with Crippen molar-refractivity contribution in [3.8, 4) is 0 Å². The van der Waals surface area contributed by atoms with Gasteiger partial charge in [-0.2, -0.15) is 4.31 Å². The van der Waals surface area contributed by atoms with Crippen LogP contribution in [0.15, 0.2) is 36.6 Å². The Morgan fingerprint density at radius 1 is 1.32 bits per heavy atom. The molecule has 188 valence electrons. The van der Waals surface area contributed by atoms with Crippen molar-refractivity contribution in [3.05, 3.63) is 44.3 Å². The van der Waals surface area contributed by atoms with E-state index >= 15 is 0 Å². The molecule has 1 aromatic rings. The summed E-state index contributed by atoms with van der Waals surface area (Å²) in [5.74, 6) is 1.40. The van der Waals surface area contributed by atoms with Crippen molar-refractivity contribution in [1.82, 2.24) is 14.3 Å². The van der Waals surface area contributed by atoms with Crippen LogP contribution in [0.4, 0.5) is 0 Å². The molecule has 0 radical (unpaired) electrons. The third-order valence-electron chi connectivity index (χ3n) is 6.07. The molecule has 1 aliphatic carbocycles. The summed E-state index contributed by atoms with van der Waals surface area (Å²) in [7, 11) is -6.08. The van der Waals surface area contributed by atoms with Gasteiger partial charge in [0.1, 0.15) is 23.3 Å². The molecule has 10 nitrogen and oxygen atoms in total. The monoisotopic (exact) mass is 530 g/mol. The number of aliphatic hydroxyl groups excluding tert-OH is 1. The van der Waals surface area contributed by atoms with Crippen molar-refractivity contribution >= 4 is 37.6 Å². The molecule has 0 amide bonds. The zero-order chi connectivity index (χ0) is 25.0. The molecule has 0 spiro atoms. The standard InChI is InChI=1S/C21H30N4O6S3/c1-11(2)18(17-8-12(3)13(4)31-17)23-20-16(10-33(27,28)24-20)22-15-9-32-21(19(15)26)34(29,30)25(5)14-6-7-14/h8,10-11,14-15,18,22,26H,6-7,9H2,1-5H3,(H,23,24)/t15?,18-/m1/s1. The second-order valence-electron chi connectivity index (χ2n) is 9.17. The average Bonchev–Trinajstić information content (AvgIpc) is 3.36. The second kappa shape index (κ2) is 8.92. The number of nitrogens with one attached hydrogen (secondary N) is 2. The number of sulfonamides is 2. The lowest BCUT2D eigenvalue weighted by atomic mass is 10.0. The highest BCUT2D eigenvalue weighted by Gasteiger charge is 2.42. The van der Waals surface area contributed by atoms with E-state index in [2.05, 4.69) is 15.0 Å². The fourth-order valence-corrected chi connectivity index (χ4v) is 8.03. The van der Waals surface area contributed by atoms with Gasteiger partial charge in [0, 0.05) is 18.8 Å².